The fourth-order valence-corrected chi connectivity index (χ4v) is 2.28. The summed E-state index contributed by atoms with van der Waals surface area (Å²) >= 11 is 0. The van der Waals surface area contributed by atoms with E-state index in [1.54, 1.807) is 19.5 Å². The van der Waals surface area contributed by atoms with Crippen molar-refractivity contribution in [2.45, 2.75) is 6.61 Å². The summed E-state index contributed by atoms with van der Waals surface area (Å²) in [5.74, 6) is 1.99. The van der Waals surface area contributed by atoms with Crippen molar-refractivity contribution in [2.75, 3.05) is 12.5 Å². The SMILES string of the molecule is COc1cccc(/C=N/Nc2ccccn2)c1OCc1ccccc1. The van der Waals surface area contributed by atoms with Gasteiger partial charge in [-0.05, 0) is 29.8 Å². The Kier molecular flexibility index (Phi) is 5.61. The minimum atomic E-state index is 0.454. The zero-order valence-electron chi connectivity index (χ0n) is 13.9. The van der Waals surface area contributed by atoms with Crippen LogP contribution in [0.2, 0.25) is 0 Å². The van der Waals surface area contributed by atoms with Crippen LogP contribution in [0.4, 0.5) is 5.82 Å². The predicted octanol–water partition coefficient (Wildman–Crippen LogP) is 4.12. The maximum absolute atomic E-state index is 5.99. The first-order valence-corrected chi connectivity index (χ1v) is 7.90. The predicted molar refractivity (Wildman–Crippen MR) is 99.2 cm³/mol. The Morgan fingerprint density at radius 2 is 1.84 bits per heavy atom. The van der Waals surface area contributed by atoms with Gasteiger partial charge in [0, 0.05) is 11.8 Å². The largest absolute Gasteiger partial charge is 0.493 e. The van der Waals surface area contributed by atoms with Crippen molar-refractivity contribution in [2.24, 2.45) is 5.10 Å². The summed E-state index contributed by atoms with van der Waals surface area (Å²) in [4.78, 5) is 4.16. The Bertz CT molecular complexity index is 821. The highest BCUT2D eigenvalue weighted by atomic mass is 16.5. The molecule has 0 radical (unpaired) electrons. The number of methoxy groups -OCH3 is 1. The second-order valence-corrected chi connectivity index (χ2v) is 5.24. The molecule has 0 atom stereocenters. The summed E-state index contributed by atoms with van der Waals surface area (Å²) in [5, 5.41) is 4.23. The lowest BCUT2D eigenvalue weighted by Crippen LogP contribution is -2.01. The molecule has 0 saturated heterocycles. The van der Waals surface area contributed by atoms with Gasteiger partial charge in [0.15, 0.2) is 11.5 Å². The van der Waals surface area contributed by atoms with Crippen LogP contribution in [0.3, 0.4) is 0 Å². The molecular weight excluding hydrogens is 314 g/mol. The van der Waals surface area contributed by atoms with Crippen LogP contribution >= 0.6 is 0 Å². The number of anilines is 1. The molecule has 0 aliphatic rings. The maximum Gasteiger partial charge on any atom is 0.170 e. The van der Waals surface area contributed by atoms with Crippen LogP contribution < -0.4 is 14.9 Å². The van der Waals surface area contributed by atoms with Gasteiger partial charge in [-0.2, -0.15) is 5.10 Å². The summed E-state index contributed by atoms with van der Waals surface area (Å²) in [6.07, 6.45) is 3.40. The van der Waals surface area contributed by atoms with Crippen molar-refractivity contribution in [1.29, 1.82) is 0 Å². The van der Waals surface area contributed by atoms with E-state index in [2.05, 4.69) is 15.5 Å². The first-order chi connectivity index (χ1) is 12.4. The monoisotopic (exact) mass is 333 g/mol. The van der Waals surface area contributed by atoms with Gasteiger partial charge in [0.25, 0.3) is 0 Å². The molecule has 0 amide bonds. The summed E-state index contributed by atoms with van der Waals surface area (Å²) < 4.78 is 11.4. The number of benzene rings is 2. The molecule has 1 aromatic heterocycles. The second kappa shape index (κ2) is 8.49. The van der Waals surface area contributed by atoms with Crippen LogP contribution in [0.1, 0.15) is 11.1 Å². The number of hydrazone groups is 1. The molecule has 0 unspecified atom stereocenters. The first-order valence-electron chi connectivity index (χ1n) is 7.90. The van der Waals surface area contributed by atoms with E-state index < -0.39 is 0 Å². The summed E-state index contributed by atoms with van der Waals surface area (Å²) in [6.45, 7) is 0.454. The number of aromatic nitrogens is 1. The fraction of sp³-hybridized carbons (Fsp3) is 0.100. The van der Waals surface area contributed by atoms with Gasteiger partial charge in [0.1, 0.15) is 12.4 Å². The van der Waals surface area contributed by atoms with E-state index in [1.807, 2.05) is 66.7 Å². The number of nitrogens with zero attached hydrogens (tertiary/aromatic N) is 2. The zero-order valence-corrected chi connectivity index (χ0v) is 13.9. The van der Waals surface area contributed by atoms with E-state index >= 15 is 0 Å². The first kappa shape index (κ1) is 16.5. The van der Waals surface area contributed by atoms with E-state index in [0.717, 1.165) is 11.1 Å². The van der Waals surface area contributed by atoms with Crippen molar-refractivity contribution in [1.82, 2.24) is 4.98 Å². The molecule has 0 aliphatic carbocycles. The van der Waals surface area contributed by atoms with Crippen molar-refractivity contribution >= 4 is 12.0 Å². The van der Waals surface area contributed by atoms with Crippen LogP contribution in [0.25, 0.3) is 0 Å². The molecule has 0 spiro atoms. The number of para-hydroxylation sites is 1. The van der Waals surface area contributed by atoms with Gasteiger partial charge in [0.05, 0.1) is 13.3 Å². The average Bonchev–Trinajstić information content (AvgIpc) is 2.68. The Morgan fingerprint density at radius 1 is 1.00 bits per heavy atom. The fourth-order valence-electron chi connectivity index (χ4n) is 2.28. The maximum atomic E-state index is 5.99. The molecule has 0 fully saturated rings. The van der Waals surface area contributed by atoms with Crippen LogP contribution in [0.5, 0.6) is 11.5 Å². The Morgan fingerprint density at radius 3 is 2.60 bits per heavy atom. The molecule has 0 bridgehead atoms. The molecule has 25 heavy (non-hydrogen) atoms. The third kappa shape index (κ3) is 4.57. The quantitative estimate of drug-likeness (QED) is 0.522. The van der Waals surface area contributed by atoms with Gasteiger partial charge in [-0.15, -0.1) is 0 Å². The van der Waals surface area contributed by atoms with Gasteiger partial charge in [-0.3, -0.25) is 5.43 Å². The summed E-state index contributed by atoms with van der Waals surface area (Å²) in [7, 11) is 1.62. The number of nitrogens with one attached hydrogen (secondary N) is 1. The smallest absolute Gasteiger partial charge is 0.170 e. The van der Waals surface area contributed by atoms with Gasteiger partial charge in [-0.1, -0.05) is 42.5 Å². The van der Waals surface area contributed by atoms with Crippen molar-refractivity contribution in [3.8, 4) is 11.5 Å². The lowest BCUT2D eigenvalue weighted by Gasteiger charge is -2.13. The van der Waals surface area contributed by atoms with Crippen molar-refractivity contribution < 1.29 is 9.47 Å². The summed E-state index contributed by atoms with van der Waals surface area (Å²) in [6, 6.07) is 21.3. The third-order valence-corrected chi connectivity index (χ3v) is 3.50. The Balaban J connectivity index is 1.76. The van der Waals surface area contributed by atoms with E-state index in [1.165, 1.54) is 0 Å². The minimum Gasteiger partial charge on any atom is -0.493 e. The highest BCUT2D eigenvalue weighted by Crippen LogP contribution is 2.30. The van der Waals surface area contributed by atoms with Crippen LogP contribution in [-0.2, 0) is 6.61 Å². The van der Waals surface area contributed by atoms with E-state index in [0.29, 0.717) is 23.9 Å². The molecule has 0 aliphatic heterocycles. The van der Waals surface area contributed by atoms with Crippen LogP contribution in [0, 0.1) is 0 Å². The van der Waals surface area contributed by atoms with Gasteiger partial charge >= 0.3 is 0 Å². The number of hydrogen-bond donors (Lipinski definition) is 1. The van der Waals surface area contributed by atoms with Crippen molar-refractivity contribution in [3.63, 3.8) is 0 Å². The van der Waals surface area contributed by atoms with Crippen LogP contribution in [-0.4, -0.2) is 18.3 Å². The molecule has 5 heteroatoms. The standard InChI is InChI=1S/C20H19N3O2/c1-24-18-11-7-10-17(14-22-23-19-12-5-6-13-21-19)20(18)25-15-16-8-3-2-4-9-16/h2-14H,15H2,1H3,(H,21,23)/b22-14+. The highest BCUT2D eigenvalue weighted by molar-refractivity contribution is 5.85. The van der Waals surface area contributed by atoms with E-state index in [-0.39, 0.29) is 0 Å². The second-order valence-electron chi connectivity index (χ2n) is 5.24. The summed E-state index contributed by atoms with van der Waals surface area (Å²) in [5.41, 5.74) is 4.80. The molecule has 1 N–H and O–H groups in total. The molecule has 5 nitrogen and oxygen atoms in total. The lowest BCUT2D eigenvalue weighted by molar-refractivity contribution is 0.284. The highest BCUT2D eigenvalue weighted by Gasteiger charge is 2.09. The Labute approximate surface area is 147 Å². The number of ether oxygens (including phenoxy) is 2. The molecule has 3 aromatic rings. The van der Waals surface area contributed by atoms with Gasteiger partial charge in [-0.25, -0.2) is 4.98 Å². The average molecular weight is 333 g/mol. The number of hydrogen-bond acceptors (Lipinski definition) is 5. The van der Waals surface area contributed by atoms with E-state index in [4.69, 9.17) is 9.47 Å². The molecule has 2 aromatic carbocycles. The molecular formula is C20H19N3O2. The van der Waals surface area contributed by atoms with E-state index in [9.17, 15) is 0 Å². The lowest BCUT2D eigenvalue weighted by atomic mass is 10.2. The van der Waals surface area contributed by atoms with Crippen molar-refractivity contribution in [3.05, 3.63) is 84.1 Å². The molecule has 3 rings (SSSR count). The molecule has 0 saturated carbocycles. The number of pyridine rings is 1. The normalized spacial score (nSPS) is 10.6. The van der Waals surface area contributed by atoms with Crippen LogP contribution in [0.15, 0.2) is 78.0 Å². The third-order valence-electron chi connectivity index (χ3n) is 3.50. The molecule has 1 heterocycles. The minimum absolute atomic E-state index is 0.454. The number of rotatable bonds is 7. The topological polar surface area (TPSA) is 55.7 Å². The Hall–Kier alpha value is -3.34. The van der Waals surface area contributed by atoms with Gasteiger partial charge < -0.3 is 9.47 Å². The van der Waals surface area contributed by atoms with Gasteiger partial charge in [0.2, 0.25) is 0 Å². The molecule has 126 valence electrons. The zero-order chi connectivity index (χ0) is 17.3.